The highest BCUT2D eigenvalue weighted by Gasteiger charge is 2.31. The van der Waals surface area contributed by atoms with Crippen LogP contribution in [0.1, 0.15) is 10.4 Å². The fraction of sp³-hybridized carbons (Fsp3) is 0.154. The number of carbonyl (C=O) groups is 1. The molecule has 0 aliphatic heterocycles. The molecule has 1 aromatic heterocycles. The van der Waals surface area contributed by atoms with Crippen molar-refractivity contribution in [1.82, 2.24) is 9.78 Å². The molecule has 0 saturated carbocycles. The first-order valence-electron chi connectivity index (χ1n) is 6.10. The van der Waals surface area contributed by atoms with E-state index in [4.69, 9.17) is 0 Å². The quantitative estimate of drug-likeness (QED) is 0.893. The van der Waals surface area contributed by atoms with Crippen molar-refractivity contribution in [2.45, 2.75) is 6.36 Å². The molecule has 122 valence electrons. The average Bonchev–Trinajstić information content (AvgIpc) is 2.44. The fourth-order valence-electron chi connectivity index (χ4n) is 1.68. The van der Waals surface area contributed by atoms with Crippen molar-refractivity contribution in [2.24, 2.45) is 7.05 Å². The van der Waals surface area contributed by atoms with Crippen molar-refractivity contribution in [3.05, 3.63) is 46.4 Å². The van der Waals surface area contributed by atoms with Gasteiger partial charge in [-0.25, -0.2) is 4.68 Å². The van der Waals surface area contributed by atoms with Gasteiger partial charge in [-0.3, -0.25) is 9.59 Å². The minimum atomic E-state index is -4.82. The summed E-state index contributed by atoms with van der Waals surface area (Å²) in [6, 6.07) is 4.30. The number of rotatable bonds is 3. The third-order valence-corrected chi connectivity index (χ3v) is 2.69. The van der Waals surface area contributed by atoms with Gasteiger partial charge < -0.3 is 15.2 Å². The summed E-state index contributed by atoms with van der Waals surface area (Å²) in [6.45, 7) is 0. The molecule has 7 nitrogen and oxygen atoms in total. The van der Waals surface area contributed by atoms with E-state index in [9.17, 15) is 27.9 Å². The maximum atomic E-state index is 12.0. The number of benzene rings is 1. The first kappa shape index (κ1) is 16.3. The third-order valence-electron chi connectivity index (χ3n) is 2.69. The van der Waals surface area contributed by atoms with Gasteiger partial charge in [0.05, 0.1) is 6.20 Å². The monoisotopic (exact) mass is 329 g/mol. The fourth-order valence-corrected chi connectivity index (χ4v) is 1.68. The number of hydrogen-bond acceptors (Lipinski definition) is 5. The van der Waals surface area contributed by atoms with E-state index in [2.05, 4.69) is 15.2 Å². The molecule has 2 aromatic rings. The van der Waals surface area contributed by atoms with Gasteiger partial charge in [-0.05, 0) is 24.3 Å². The van der Waals surface area contributed by atoms with Crippen LogP contribution in [0.25, 0.3) is 0 Å². The van der Waals surface area contributed by atoms with Crippen molar-refractivity contribution in [2.75, 3.05) is 5.32 Å². The molecule has 10 heteroatoms. The van der Waals surface area contributed by atoms with Gasteiger partial charge in [0.2, 0.25) is 0 Å². The Bertz CT molecular complexity index is 785. The predicted octanol–water partition coefficient (Wildman–Crippen LogP) is 1.64. The van der Waals surface area contributed by atoms with Gasteiger partial charge in [0.15, 0.2) is 5.75 Å². The Balaban J connectivity index is 2.18. The number of anilines is 1. The highest BCUT2D eigenvalue weighted by Crippen LogP contribution is 2.24. The van der Waals surface area contributed by atoms with Gasteiger partial charge in [-0.15, -0.1) is 13.2 Å². The van der Waals surface area contributed by atoms with Gasteiger partial charge in [-0.1, -0.05) is 0 Å². The van der Waals surface area contributed by atoms with Crippen molar-refractivity contribution in [3.63, 3.8) is 0 Å². The van der Waals surface area contributed by atoms with E-state index < -0.39 is 34.9 Å². The average molecular weight is 329 g/mol. The lowest BCUT2D eigenvalue weighted by molar-refractivity contribution is -0.274. The van der Waals surface area contributed by atoms with Crippen LogP contribution in [0, 0.1) is 0 Å². The lowest BCUT2D eigenvalue weighted by Gasteiger charge is -2.10. The number of hydrogen-bond donors (Lipinski definition) is 2. The second kappa shape index (κ2) is 5.99. The van der Waals surface area contributed by atoms with E-state index in [1.54, 1.807) is 0 Å². The molecule has 23 heavy (non-hydrogen) atoms. The van der Waals surface area contributed by atoms with Gasteiger partial charge in [0.1, 0.15) is 11.3 Å². The summed E-state index contributed by atoms with van der Waals surface area (Å²) in [5.41, 5.74) is -1.24. The lowest BCUT2D eigenvalue weighted by atomic mass is 10.2. The van der Waals surface area contributed by atoms with E-state index in [0.717, 1.165) is 35.1 Å². The van der Waals surface area contributed by atoms with E-state index in [0.29, 0.717) is 0 Å². The Hall–Kier alpha value is -3.04. The van der Waals surface area contributed by atoms with Crippen molar-refractivity contribution >= 4 is 11.6 Å². The molecule has 0 saturated heterocycles. The van der Waals surface area contributed by atoms with Crippen molar-refractivity contribution < 1.29 is 27.8 Å². The van der Waals surface area contributed by atoms with Crippen LogP contribution in [-0.4, -0.2) is 27.2 Å². The number of ether oxygens (including phenoxy) is 1. The summed E-state index contributed by atoms with van der Waals surface area (Å²) in [7, 11) is 1.29. The molecule has 0 bridgehead atoms. The second-order valence-electron chi connectivity index (χ2n) is 4.36. The number of carbonyl (C=O) groups excluding carboxylic acids is 1. The molecule has 0 aliphatic carbocycles. The Morgan fingerprint density at radius 2 is 1.91 bits per heavy atom. The molecule has 1 amide bonds. The summed E-state index contributed by atoms with van der Waals surface area (Å²) in [5.74, 6) is -1.99. The number of nitrogens with zero attached hydrogens (tertiary/aromatic N) is 2. The molecule has 0 atom stereocenters. The van der Waals surface area contributed by atoms with Crippen LogP contribution in [-0.2, 0) is 7.05 Å². The van der Waals surface area contributed by atoms with Crippen LogP contribution in [0.4, 0.5) is 18.9 Å². The smallest absolute Gasteiger partial charge is 0.505 e. The lowest BCUT2D eigenvalue weighted by Crippen LogP contribution is -2.29. The first-order chi connectivity index (χ1) is 10.7. The summed E-state index contributed by atoms with van der Waals surface area (Å²) in [6.07, 6.45) is -3.89. The maximum Gasteiger partial charge on any atom is 0.573 e. The summed E-state index contributed by atoms with van der Waals surface area (Å²) in [5, 5.41) is 15.4. The molecule has 0 fully saturated rings. The zero-order valence-corrected chi connectivity index (χ0v) is 11.6. The summed E-state index contributed by atoms with van der Waals surface area (Å²) in [4.78, 5) is 23.8. The van der Waals surface area contributed by atoms with Crippen LogP contribution in [0.3, 0.4) is 0 Å². The number of halogens is 3. The number of alkyl halides is 3. The normalized spacial score (nSPS) is 11.1. The molecule has 2 rings (SSSR count). The standard InChI is InChI=1S/C13H10F3N3O4/c1-19-12(22)10(9(20)6-17-19)11(21)18-7-2-4-8(5-3-7)23-13(14,15)16/h2-6,20H,1H3,(H,18,21). The molecule has 2 N–H and O–H groups in total. The number of nitrogens with one attached hydrogen (secondary N) is 1. The van der Waals surface area contributed by atoms with Crippen LogP contribution in [0.15, 0.2) is 35.3 Å². The maximum absolute atomic E-state index is 12.0. The number of amides is 1. The predicted molar refractivity (Wildman–Crippen MR) is 72.2 cm³/mol. The molecular weight excluding hydrogens is 319 g/mol. The van der Waals surface area contributed by atoms with E-state index in [-0.39, 0.29) is 5.69 Å². The van der Waals surface area contributed by atoms with Crippen LogP contribution in [0.5, 0.6) is 11.5 Å². The highest BCUT2D eigenvalue weighted by molar-refractivity contribution is 6.05. The zero-order chi connectivity index (χ0) is 17.2. The largest absolute Gasteiger partial charge is 0.573 e. The third kappa shape index (κ3) is 3.99. The van der Waals surface area contributed by atoms with Crippen LogP contribution >= 0.6 is 0 Å². The van der Waals surface area contributed by atoms with Crippen LogP contribution < -0.4 is 15.6 Å². The summed E-state index contributed by atoms with van der Waals surface area (Å²) >= 11 is 0. The number of aromatic nitrogens is 2. The molecule has 0 unspecified atom stereocenters. The van der Waals surface area contributed by atoms with Crippen molar-refractivity contribution in [1.29, 1.82) is 0 Å². The molecule has 0 aliphatic rings. The number of aryl methyl sites for hydroxylation is 1. The molecule has 1 heterocycles. The minimum absolute atomic E-state index is 0.114. The van der Waals surface area contributed by atoms with E-state index >= 15 is 0 Å². The topological polar surface area (TPSA) is 93.4 Å². The Morgan fingerprint density at radius 3 is 2.48 bits per heavy atom. The molecule has 0 spiro atoms. The van der Waals surface area contributed by atoms with Gasteiger partial charge in [0, 0.05) is 12.7 Å². The van der Waals surface area contributed by atoms with Crippen molar-refractivity contribution in [3.8, 4) is 11.5 Å². The number of aromatic hydroxyl groups is 1. The zero-order valence-electron chi connectivity index (χ0n) is 11.6. The van der Waals surface area contributed by atoms with E-state index in [1.165, 1.54) is 7.05 Å². The first-order valence-corrected chi connectivity index (χ1v) is 6.10. The highest BCUT2D eigenvalue weighted by atomic mass is 19.4. The second-order valence-corrected chi connectivity index (χ2v) is 4.36. The SMILES string of the molecule is Cn1ncc(O)c(C(=O)Nc2ccc(OC(F)(F)F)cc2)c1=O. The van der Waals surface area contributed by atoms with Gasteiger partial charge >= 0.3 is 6.36 Å². The van der Waals surface area contributed by atoms with Gasteiger partial charge in [0.25, 0.3) is 11.5 Å². The minimum Gasteiger partial charge on any atom is -0.505 e. The Morgan fingerprint density at radius 1 is 1.30 bits per heavy atom. The van der Waals surface area contributed by atoms with Gasteiger partial charge in [-0.2, -0.15) is 5.10 Å². The molecule has 1 aromatic carbocycles. The van der Waals surface area contributed by atoms with E-state index in [1.807, 2.05) is 0 Å². The Labute approximate surface area is 126 Å². The Kier molecular flexibility index (Phi) is 4.25. The summed E-state index contributed by atoms with van der Waals surface area (Å²) < 4.78 is 40.7. The molecule has 0 radical (unpaired) electrons. The van der Waals surface area contributed by atoms with Crippen LogP contribution in [0.2, 0.25) is 0 Å². The molecular formula is C13H10F3N3O4.